The molecule has 0 aliphatic heterocycles. The first kappa shape index (κ1) is 15.9. The van der Waals surface area contributed by atoms with Crippen LogP contribution in [-0.4, -0.2) is 21.3 Å². The summed E-state index contributed by atoms with van der Waals surface area (Å²) in [5.74, 6) is -5.63. The van der Waals surface area contributed by atoms with E-state index >= 15 is 0 Å². The Morgan fingerprint density at radius 3 is 1.50 bits per heavy atom. The number of hydrogen-bond acceptors (Lipinski definition) is 3. The molecular formula is C15H12F4O3. The van der Waals surface area contributed by atoms with E-state index < -0.39 is 28.8 Å². The normalized spacial score (nSPS) is 10.5. The van der Waals surface area contributed by atoms with Gasteiger partial charge in [-0.15, -0.1) is 0 Å². The molecule has 0 aliphatic carbocycles. The zero-order valence-corrected chi connectivity index (χ0v) is 12.0. The van der Waals surface area contributed by atoms with Gasteiger partial charge in [0.15, 0.2) is 34.8 Å². The number of rotatable bonds is 4. The Kier molecular flexibility index (Phi) is 4.44. The van der Waals surface area contributed by atoms with Crippen molar-refractivity contribution in [3.8, 4) is 28.4 Å². The maximum absolute atomic E-state index is 13.9. The second kappa shape index (κ2) is 6.13. The summed E-state index contributed by atoms with van der Waals surface area (Å²) in [6, 6.07) is 2.54. The van der Waals surface area contributed by atoms with E-state index in [1.165, 1.54) is 33.5 Å². The van der Waals surface area contributed by atoms with Crippen LogP contribution >= 0.6 is 0 Å². The van der Waals surface area contributed by atoms with Crippen molar-refractivity contribution in [2.45, 2.75) is 0 Å². The van der Waals surface area contributed by atoms with Gasteiger partial charge in [0.1, 0.15) is 0 Å². The first-order valence-electron chi connectivity index (χ1n) is 6.08. The van der Waals surface area contributed by atoms with Gasteiger partial charge in [-0.3, -0.25) is 0 Å². The first-order chi connectivity index (χ1) is 10.4. The number of methoxy groups -OCH3 is 3. The van der Waals surface area contributed by atoms with Gasteiger partial charge in [-0.2, -0.15) is 0 Å². The Hall–Kier alpha value is -2.44. The van der Waals surface area contributed by atoms with Crippen LogP contribution < -0.4 is 14.2 Å². The number of halogens is 4. The molecule has 118 valence electrons. The van der Waals surface area contributed by atoms with E-state index in [1.807, 2.05) is 0 Å². The minimum absolute atomic E-state index is 0.0975. The van der Waals surface area contributed by atoms with Gasteiger partial charge < -0.3 is 14.2 Å². The van der Waals surface area contributed by atoms with Crippen LogP contribution in [0.4, 0.5) is 17.6 Å². The molecule has 0 aromatic heterocycles. The van der Waals surface area contributed by atoms with Crippen molar-refractivity contribution in [2.24, 2.45) is 0 Å². The Morgan fingerprint density at radius 1 is 0.682 bits per heavy atom. The summed E-state index contributed by atoms with van der Waals surface area (Å²) in [6.07, 6.45) is 0. The van der Waals surface area contributed by atoms with Crippen molar-refractivity contribution >= 4 is 0 Å². The Labute approximate surface area is 124 Å². The fourth-order valence-electron chi connectivity index (χ4n) is 2.05. The average Bonchev–Trinajstić information content (AvgIpc) is 2.52. The number of benzene rings is 2. The van der Waals surface area contributed by atoms with E-state index in [9.17, 15) is 17.6 Å². The SMILES string of the molecule is COc1cc(-c2c(F)c(F)cc(F)c2F)cc(OC)c1OC. The summed E-state index contributed by atoms with van der Waals surface area (Å²) in [5, 5.41) is 0. The molecule has 0 unspecified atom stereocenters. The predicted molar refractivity (Wildman–Crippen MR) is 71.4 cm³/mol. The quantitative estimate of drug-likeness (QED) is 0.632. The van der Waals surface area contributed by atoms with Gasteiger partial charge in [0.2, 0.25) is 5.75 Å². The van der Waals surface area contributed by atoms with Crippen molar-refractivity contribution in [3.05, 3.63) is 41.5 Å². The predicted octanol–water partition coefficient (Wildman–Crippen LogP) is 3.94. The van der Waals surface area contributed by atoms with Crippen molar-refractivity contribution < 1.29 is 31.8 Å². The molecule has 0 saturated heterocycles. The maximum atomic E-state index is 13.9. The summed E-state index contributed by atoms with van der Waals surface area (Å²) in [6.45, 7) is 0. The maximum Gasteiger partial charge on any atom is 0.203 e. The summed E-state index contributed by atoms with van der Waals surface area (Å²) in [7, 11) is 3.96. The minimum Gasteiger partial charge on any atom is -0.493 e. The molecule has 2 aromatic rings. The smallest absolute Gasteiger partial charge is 0.203 e. The molecule has 22 heavy (non-hydrogen) atoms. The second-order valence-electron chi connectivity index (χ2n) is 4.26. The molecule has 0 N–H and O–H groups in total. The molecule has 0 aliphatic rings. The van der Waals surface area contributed by atoms with Gasteiger partial charge in [-0.1, -0.05) is 0 Å². The molecule has 0 heterocycles. The van der Waals surface area contributed by atoms with E-state index in [-0.39, 0.29) is 28.9 Å². The van der Waals surface area contributed by atoms with Gasteiger partial charge in [0.05, 0.1) is 26.9 Å². The van der Waals surface area contributed by atoms with Crippen LogP contribution in [0.5, 0.6) is 17.2 Å². The Morgan fingerprint density at radius 2 is 1.14 bits per heavy atom. The first-order valence-corrected chi connectivity index (χ1v) is 6.08. The van der Waals surface area contributed by atoms with Gasteiger partial charge in [0.25, 0.3) is 0 Å². The highest BCUT2D eigenvalue weighted by Crippen LogP contribution is 2.42. The summed E-state index contributed by atoms with van der Waals surface area (Å²) < 4.78 is 69.6. The van der Waals surface area contributed by atoms with Crippen LogP contribution in [-0.2, 0) is 0 Å². The van der Waals surface area contributed by atoms with E-state index in [1.54, 1.807) is 0 Å². The van der Waals surface area contributed by atoms with Gasteiger partial charge >= 0.3 is 0 Å². The lowest BCUT2D eigenvalue weighted by Crippen LogP contribution is -2.01. The largest absolute Gasteiger partial charge is 0.493 e. The topological polar surface area (TPSA) is 27.7 Å². The van der Waals surface area contributed by atoms with Crippen molar-refractivity contribution in [3.63, 3.8) is 0 Å². The molecule has 0 bridgehead atoms. The third-order valence-electron chi connectivity index (χ3n) is 3.07. The van der Waals surface area contributed by atoms with Crippen molar-refractivity contribution in [2.75, 3.05) is 21.3 Å². The highest BCUT2D eigenvalue weighted by Gasteiger charge is 2.23. The number of hydrogen-bond donors (Lipinski definition) is 0. The molecule has 0 fully saturated rings. The zero-order chi connectivity index (χ0) is 16.4. The molecular weight excluding hydrogens is 304 g/mol. The zero-order valence-electron chi connectivity index (χ0n) is 12.0. The fourth-order valence-corrected chi connectivity index (χ4v) is 2.05. The fraction of sp³-hybridized carbons (Fsp3) is 0.200. The molecule has 0 atom stereocenters. The van der Waals surface area contributed by atoms with Gasteiger partial charge in [-0.25, -0.2) is 17.6 Å². The highest BCUT2D eigenvalue weighted by molar-refractivity contribution is 5.72. The van der Waals surface area contributed by atoms with Crippen LogP contribution in [0.2, 0.25) is 0 Å². The highest BCUT2D eigenvalue weighted by atomic mass is 19.2. The molecule has 0 spiro atoms. The number of ether oxygens (including phenoxy) is 3. The molecule has 2 aromatic carbocycles. The van der Waals surface area contributed by atoms with Crippen LogP contribution in [0.25, 0.3) is 11.1 Å². The summed E-state index contributed by atoms with van der Waals surface area (Å²) in [5.41, 5.74) is -1.00. The van der Waals surface area contributed by atoms with Crippen LogP contribution in [0.3, 0.4) is 0 Å². The van der Waals surface area contributed by atoms with E-state index in [4.69, 9.17) is 14.2 Å². The Balaban J connectivity index is 2.79. The van der Waals surface area contributed by atoms with Crippen LogP contribution in [0, 0.1) is 23.3 Å². The van der Waals surface area contributed by atoms with Crippen LogP contribution in [0.15, 0.2) is 18.2 Å². The summed E-state index contributed by atoms with van der Waals surface area (Å²) in [4.78, 5) is 0. The lowest BCUT2D eigenvalue weighted by atomic mass is 10.0. The average molecular weight is 316 g/mol. The summed E-state index contributed by atoms with van der Waals surface area (Å²) >= 11 is 0. The van der Waals surface area contributed by atoms with E-state index in [0.29, 0.717) is 0 Å². The van der Waals surface area contributed by atoms with Gasteiger partial charge in [0, 0.05) is 6.07 Å². The third-order valence-corrected chi connectivity index (χ3v) is 3.07. The van der Waals surface area contributed by atoms with E-state index in [0.717, 1.165) is 0 Å². The molecule has 0 amide bonds. The van der Waals surface area contributed by atoms with Gasteiger partial charge in [-0.05, 0) is 17.7 Å². The van der Waals surface area contributed by atoms with Crippen molar-refractivity contribution in [1.29, 1.82) is 0 Å². The monoisotopic (exact) mass is 316 g/mol. The molecule has 7 heteroatoms. The van der Waals surface area contributed by atoms with Crippen LogP contribution in [0.1, 0.15) is 0 Å². The molecule has 2 rings (SSSR count). The minimum atomic E-state index is -1.51. The standard InChI is InChI=1S/C15H12F4O3/c1-20-10-4-7(5-11(21-2)15(10)22-3)12-13(18)8(16)6-9(17)14(12)19/h4-6H,1-3H3. The molecule has 0 saturated carbocycles. The molecule has 0 radical (unpaired) electrons. The second-order valence-corrected chi connectivity index (χ2v) is 4.26. The third kappa shape index (κ3) is 2.54. The van der Waals surface area contributed by atoms with E-state index in [2.05, 4.69) is 0 Å². The molecule has 3 nitrogen and oxygen atoms in total. The lowest BCUT2D eigenvalue weighted by molar-refractivity contribution is 0.324. The Bertz CT molecular complexity index is 665. The van der Waals surface area contributed by atoms with Crippen molar-refractivity contribution in [1.82, 2.24) is 0 Å². The lowest BCUT2D eigenvalue weighted by Gasteiger charge is -2.15.